The number of benzene rings is 1. The summed E-state index contributed by atoms with van der Waals surface area (Å²) in [5.74, 6) is 0.770. The molecule has 1 aliphatic rings. The summed E-state index contributed by atoms with van der Waals surface area (Å²) in [4.78, 5) is 0. The molecule has 1 heterocycles. The van der Waals surface area contributed by atoms with Crippen LogP contribution in [0.25, 0.3) is 0 Å². The fourth-order valence-corrected chi connectivity index (χ4v) is 2.05. The molecule has 2 N–H and O–H groups in total. The van der Waals surface area contributed by atoms with Gasteiger partial charge in [0, 0.05) is 6.42 Å². The van der Waals surface area contributed by atoms with Crippen LogP contribution in [0.4, 0.5) is 0 Å². The van der Waals surface area contributed by atoms with Gasteiger partial charge in [0.05, 0.1) is 0 Å². The molecule has 1 aromatic rings. The second-order valence-corrected chi connectivity index (χ2v) is 4.51. The number of rotatable bonds is 2. The van der Waals surface area contributed by atoms with E-state index in [4.69, 9.17) is 9.88 Å². The number of fused-ring (bicyclic) bond motifs is 1. The van der Waals surface area contributed by atoms with E-state index in [1.54, 1.807) is 0 Å². The summed E-state index contributed by atoms with van der Waals surface area (Å²) in [6.45, 7) is 0.202. The van der Waals surface area contributed by atoms with Gasteiger partial charge < -0.3 is 4.74 Å². The van der Waals surface area contributed by atoms with Crippen molar-refractivity contribution in [2.45, 2.75) is 12.5 Å². The lowest BCUT2D eigenvalue weighted by Gasteiger charge is -2.23. The number of ether oxygens (including phenoxy) is 1. The van der Waals surface area contributed by atoms with Gasteiger partial charge in [-0.2, -0.15) is 8.42 Å². The Kier molecular flexibility index (Phi) is 2.64. The second-order valence-electron chi connectivity index (χ2n) is 3.33. The first kappa shape index (κ1) is 10.4. The predicted molar refractivity (Wildman–Crippen MR) is 53.6 cm³/mol. The zero-order valence-electron chi connectivity index (χ0n) is 7.92. The summed E-state index contributed by atoms with van der Waals surface area (Å²) in [6.07, 6.45) is -0.0398. The van der Waals surface area contributed by atoms with Crippen molar-refractivity contribution in [3.63, 3.8) is 0 Å². The molecule has 0 bridgehead atoms. The quantitative estimate of drug-likeness (QED) is 0.786. The largest absolute Gasteiger partial charge is 0.491 e. The molecule has 0 saturated carbocycles. The van der Waals surface area contributed by atoms with Crippen molar-refractivity contribution in [3.05, 3.63) is 29.8 Å². The topological polar surface area (TPSA) is 78.6 Å². The molecule has 0 aliphatic carbocycles. The van der Waals surface area contributed by atoms with Crippen LogP contribution in [0.5, 0.6) is 5.75 Å². The van der Waals surface area contributed by atoms with Crippen LogP contribution >= 0.6 is 0 Å². The van der Waals surface area contributed by atoms with Crippen LogP contribution in [0.15, 0.2) is 24.3 Å². The monoisotopic (exact) mass is 229 g/mol. The minimum absolute atomic E-state index is 0.202. The fourth-order valence-electron chi connectivity index (χ4n) is 1.55. The van der Waals surface area contributed by atoms with E-state index in [1.165, 1.54) is 0 Å². The first-order chi connectivity index (χ1) is 7.04. The molecule has 2 rings (SSSR count). The van der Waals surface area contributed by atoms with Gasteiger partial charge in [0.25, 0.3) is 0 Å². The molecule has 1 aliphatic heterocycles. The van der Waals surface area contributed by atoms with E-state index in [9.17, 15) is 8.42 Å². The molecule has 0 fully saturated rings. The molecule has 6 heteroatoms. The Morgan fingerprint density at radius 2 is 2.13 bits per heavy atom. The molecular formula is C9H11NO4S. The molecule has 1 unspecified atom stereocenters. The molecule has 0 spiro atoms. The van der Waals surface area contributed by atoms with E-state index in [2.05, 4.69) is 4.18 Å². The molecule has 0 amide bonds. The van der Waals surface area contributed by atoms with Gasteiger partial charge in [-0.1, -0.05) is 18.2 Å². The van der Waals surface area contributed by atoms with Crippen LogP contribution in [0.2, 0.25) is 0 Å². The van der Waals surface area contributed by atoms with Crippen LogP contribution in [-0.2, 0) is 20.9 Å². The number of hydrogen-bond donors (Lipinski definition) is 1. The fraction of sp³-hybridized carbons (Fsp3) is 0.333. The molecule has 82 valence electrons. The van der Waals surface area contributed by atoms with Crippen LogP contribution in [-0.4, -0.2) is 21.1 Å². The zero-order chi connectivity index (χ0) is 10.9. The van der Waals surface area contributed by atoms with Gasteiger partial charge >= 0.3 is 10.3 Å². The highest BCUT2D eigenvalue weighted by atomic mass is 32.2. The molecular weight excluding hydrogens is 218 g/mol. The van der Waals surface area contributed by atoms with Gasteiger partial charge in [0.2, 0.25) is 0 Å². The van der Waals surface area contributed by atoms with Gasteiger partial charge in [-0.3, -0.25) is 4.18 Å². The Labute approximate surface area is 88.1 Å². The molecule has 0 radical (unpaired) electrons. The minimum Gasteiger partial charge on any atom is -0.491 e. The lowest BCUT2D eigenvalue weighted by atomic mass is 10.1. The molecule has 1 aromatic carbocycles. The molecule has 0 aromatic heterocycles. The van der Waals surface area contributed by atoms with Crippen LogP contribution < -0.4 is 9.88 Å². The minimum atomic E-state index is -3.91. The van der Waals surface area contributed by atoms with Crippen molar-refractivity contribution in [1.29, 1.82) is 0 Å². The lowest BCUT2D eigenvalue weighted by molar-refractivity contribution is 0.118. The van der Waals surface area contributed by atoms with Gasteiger partial charge in [-0.25, -0.2) is 5.14 Å². The number of para-hydroxylation sites is 1. The standard InChI is InChI=1S/C9H11NO4S/c10-15(11,12)14-8-5-7-3-1-2-4-9(7)13-6-8/h1-4,8H,5-6H2,(H2,10,11,12). The highest BCUT2D eigenvalue weighted by Gasteiger charge is 2.23. The van der Waals surface area contributed by atoms with E-state index >= 15 is 0 Å². The summed E-state index contributed by atoms with van der Waals surface area (Å²) in [5.41, 5.74) is 0.928. The summed E-state index contributed by atoms with van der Waals surface area (Å²) in [5, 5.41) is 4.78. The first-order valence-electron chi connectivity index (χ1n) is 4.46. The average molecular weight is 229 g/mol. The van der Waals surface area contributed by atoms with Crippen LogP contribution in [0.3, 0.4) is 0 Å². The zero-order valence-corrected chi connectivity index (χ0v) is 8.74. The van der Waals surface area contributed by atoms with E-state index < -0.39 is 16.4 Å². The van der Waals surface area contributed by atoms with E-state index in [0.29, 0.717) is 6.42 Å². The van der Waals surface area contributed by atoms with E-state index in [1.807, 2.05) is 24.3 Å². The SMILES string of the molecule is NS(=O)(=O)OC1COc2ccccc2C1. The third kappa shape index (κ3) is 2.68. The highest BCUT2D eigenvalue weighted by molar-refractivity contribution is 7.84. The van der Waals surface area contributed by atoms with Crippen molar-refractivity contribution in [2.24, 2.45) is 5.14 Å². The van der Waals surface area contributed by atoms with Crippen LogP contribution in [0, 0.1) is 0 Å². The van der Waals surface area contributed by atoms with E-state index in [0.717, 1.165) is 11.3 Å². The van der Waals surface area contributed by atoms with Crippen molar-refractivity contribution < 1.29 is 17.3 Å². The Bertz CT molecular complexity index is 457. The first-order valence-corrected chi connectivity index (χ1v) is 5.93. The Hall–Kier alpha value is -1.11. The second kappa shape index (κ2) is 3.80. The van der Waals surface area contributed by atoms with Gasteiger partial charge in [0.1, 0.15) is 18.5 Å². The maximum absolute atomic E-state index is 10.7. The maximum atomic E-state index is 10.7. The van der Waals surface area contributed by atoms with Crippen molar-refractivity contribution >= 4 is 10.3 Å². The average Bonchev–Trinajstić information content (AvgIpc) is 2.15. The van der Waals surface area contributed by atoms with Crippen molar-refractivity contribution in [2.75, 3.05) is 6.61 Å². The number of hydrogen-bond acceptors (Lipinski definition) is 4. The molecule has 0 saturated heterocycles. The van der Waals surface area contributed by atoms with Crippen LogP contribution in [0.1, 0.15) is 5.56 Å². The van der Waals surface area contributed by atoms with Gasteiger partial charge in [-0.15, -0.1) is 0 Å². The Morgan fingerprint density at radius 3 is 2.87 bits per heavy atom. The summed E-state index contributed by atoms with van der Waals surface area (Å²) in [6, 6.07) is 7.43. The van der Waals surface area contributed by atoms with Gasteiger partial charge in [0.15, 0.2) is 0 Å². The Balaban J connectivity index is 2.12. The van der Waals surface area contributed by atoms with Crippen molar-refractivity contribution in [1.82, 2.24) is 0 Å². The Morgan fingerprint density at radius 1 is 1.40 bits per heavy atom. The summed E-state index contributed by atoms with van der Waals surface area (Å²) in [7, 11) is -3.91. The number of nitrogens with two attached hydrogens (primary N) is 1. The molecule has 5 nitrogen and oxygen atoms in total. The maximum Gasteiger partial charge on any atom is 0.333 e. The third-order valence-corrected chi connectivity index (χ3v) is 2.66. The lowest BCUT2D eigenvalue weighted by Crippen LogP contribution is -2.33. The summed E-state index contributed by atoms with van der Waals surface area (Å²) >= 11 is 0. The third-order valence-electron chi connectivity index (χ3n) is 2.12. The molecule has 15 heavy (non-hydrogen) atoms. The highest BCUT2D eigenvalue weighted by Crippen LogP contribution is 2.25. The predicted octanol–water partition coefficient (Wildman–Crippen LogP) is 0.210. The normalized spacial score (nSPS) is 20.5. The van der Waals surface area contributed by atoms with Crippen molar-refractivity contribution in [3.8, 4) is 5.75 Å². The van der Waals surface area contributed by atoms with Gasteiger partial charge in [-0.05, 0) is 11.6 Å². The molecule has 1 atom stereocenters. The van der Waals surface area contributed by atoms with E-state index in [-0.39, 0.29) is 6.61 Å². The summed E-state index contributed by atoms with van der Waals surface area (Å²) < 4.78 is 31.4. The smallest absolute Gasteiger partial charge is 0.333 e.